The first-order valence-corrected chi connectivity index (χ1v) is 10.7. The lowest BCUT2D eigenvalue weighted by molar-refractivity contribution is 0.182. The molecule has 8 heteroatoms. The molecule has 2 N–H and O–H groups in total. The van der Waals surface area contributed by atoms with E-state index in [1.165, 1.54) is 24.0 Å². The van der Waals surface area contributed by atoms with Gasteiger partial charge < -0.3 is 20.1 Å². The molecule has 31 heavy (non-hydrogen) atoms. The second-order valence-corrected chi connectivity index (χ2v) is 8.01. The molecule has 0 amide bonds. The number of rotatable bonds is 10. The summed E-state index contributed by atoms with van der Waals surface area (Å²) in [7, 11) is 3.50. The number of nitrogens with zero attached hydrogens (tertiary/aromatic N) is 3. The standard InChI is InChI=1S/C23H35N5O2.HI/c1-16-6-9-20(22(12-16)30-15-19-7-8-19)13-25-23(24-4)26-14-21-17(2)27-28(18(21)3)10-11-29-5;/h6,9,12,19H,7-8,10-11,13-15H2,1-5H3,(H2,24,25,26);1H. The van der Waals surface area contributed by atoms with Crippen LogP contribution in [0.1, 0.15) is 40.9 Å². The van der Waals surface area contributed by atoms with Gasteiger partial charge >= 0.3 is 0 Å². The van der Waals surface area contributed by atoms with Gasteiger partial charge in [-0.1, -0.05) is 12.1 Å². The zero-order valence-electron chi connectivity index (χ0n) is 19.3. The molecule has 1 aromatic carbocycles. The Labute approximate surface area is 203 Å². The Morgan fingerprint density at radius 1 is 1.19 bits per heavy atom. The van der Waals surface area contributed by atoms with Crippen LogP contribution in [0.2, 0.25) is 0 Å². The van der Waals surface area contributed by atoms with E-state index in [-0.39, 0.29) is 24.0 Å². The van der Waals surface area contributed by atoms with Gasteiger partial charge in [0, 0.05) is 44.1 Å². The number of benzene rings is 1. The van der Waals surface area contributed by atoms with Gasteiger partial charge in [0.05, 0.1) is 25.5 Å². The van der Waals surface area contributed by atoms with E-state index in [2.05, 4.69) is 52.8 Å². The largest absolute Gasteiger partial charge is 0.493 e. The lowest BCUT2D eigenvalue weighted by atomic mass is 10.1. The topological polar surface area (TPSA) is 72.7 Å². The predicted octanol–water partition coefficient (Wildman–Crippen LogP) is 3.73. The Hall–Kier alpha value is -1.81. The van der Waals surface area contributed by atoms with Crippen molar-refractivity contribution in [2.45, 2.75) is 53.2 Å². The predicted molar refractivity (Wildman–Crippen MR) is 135 cm³/mol. The number of halogens is 1. The van der Waals surface area contributed by atoms with Gasteiger partial charge in [-0.25, -0.2) is 0 Å². The van der Waals surface area contributed by atoms with Gasteiger partial charge in [-0.3, -0.25) is 9.67 Å². The Bertz CT molecular complexity index is 877. The van der Waals surface area contributed by atoms with Crippen molar-refractivity contribution in [2.75, 3.05) is 27.4 Å². The summed E-state index contributed by atoms with van der Waals surface area (Å²) in [6.45, 7) is 9.79. The van der Waals surface area contributed by atoms with E-state index >= 15 is 0 Å². The third kappa shape index (κ3) is 7.38. The van der Waals surface area contributed by atoms with Crippen LogP contribution in [0.15, 0.2) is 23.2 Å². The van der Waals surface area contributed by atoms with Crippen molar-refractivity contribution >= 4 is 29.9 Å². The number of methoxy groups -OCH3 is 1. The number of ether oxygens (including phenoxy) is 2. The maximum absolute atomic E-state index is 6.08. The smallest absolute Gasteiger partial charge is 0.191 e. The fourth-order valence-electron chi connectivity index (χ4n) is 3.39. The molecule has 3 rings (SSSR count). The summed E-state index contributed by atoms with van der Waals surface area (Å²) in [6.07, 6.45) is 2.58. The Morgan fingerprint density at radius 3 is 2.61 bits per heavy atom. The molecule has 2 aromatic rings. The molecule has 0 aliphatic heterocycles. The number of aryl methyl sites for hydroxylation is 2. The minimum Gasteiger partial charge on any atom is -0.493 e. The molecule has 7 nitrogen and oxygen atoms in total. The second-order valence-electron chi connectivity index (χ2n) is 8.01. The monoisotopic (exact) mass is 541 g/mol. The number of hydrogen-bond acceptors (Lipinski definition) is 4. The Morgan fingerprint density at radius 2 is 1.94 bits per heavy atom. The van der Waals surface area contributed by atoms with Gasteiger partial charge in [0.2, 0.25) is 0 Å². The number of aliphatic imine (C=N–C) groups is 1. The zero-order chi connectivity index (χ0) is 21.5. The summed E-state index contributed by atoms with van der Waals surface area (Å²) < 4.78 is 13.3. The zero-order valence-corrected chi connectivity index (χ0v) is 21.7. The maximum Gasteiger partial charge on any atom is 0.191 e. The van der Waals surface area contributed by atoms with Crippen LogP contribution in [-0.2, 0) is 24.4 Å². The maximum atomic E-state index is 6.08. The summed E-state index contributed by atoms with van der Waals surface area (Å²) in [5.41, 5.74) is 5.73. The van der Waals surface area contributed by atoms with Crippen molar-refractivity contribution < 1.29 is 9.47 Å². The average molecular weight is 541 g/mol. The van der Waals surface area contributed by atoms with Crippen molar-refractivity contribution in [3.8, 4) is 5.75 Å². The molecule has 1 aliphatic rings. The van der Waals surface area contributed by atoms with Crippen molar-refractivity contribution in [3.63, 3.8) is 0 Å². The van der Waals surface area contributed by atoms with Crippen molar-refractivity contribution in [3.05, 3.63) is 46.3 Å². The first-order chi connectivity index (χ1) is 14.5. The van der Waals surface area contributed by atoms with Crippen molar-refractivity contribution in [1.82, 2.24) is 20.4 Å². The number of aromatic nitrogens is 2. The number of guanidine groups is 1. The van der Waals surface area contributed by atoms with Gasteiger partial charge in [0.15, 0.2) is 5.96 Å². The Kier molecular flexibility index (Phi) is 10.1. The third-order valence-electron chi connectivity index (χ3n) is 5.54. The van der Waals surface area contributed by atoms with Crippen LogP contribution in [0.4, 0.5) is 0 Å². The fourth-order valence-corrected chi connectivity index (χ4v) is 3.39. The van der Waals surface area contributed by atoms with Gasteiger partial charge in [0.1, 0.15) is 5.75 Å². The van der Waals surface area contributed by atoms with Crippen molar-refractivity contribution in [2.24, 2.45) is 10.9 Å². The molecule has 0 spiro atoms. The lowest BCUT2D eigenvalue weighted by Crippen LogP contribution is -2.36. The highest BCUT2D eigenvalue weighted by Crippen LogP contribution is 2.30. The number of nitrogens with one attached hydrogen (secondary N) is 2. The first kappa shape index (κ1) is 25.5. The molecule has 1 heterocycles. The van der Waals surface area contributed by atoms with Crippen molar-refractivity contribution in [1.29, 1.82) is 0 Å². The molecule has 172 valence electrons. The molecule has 1 aromatic heterocycles. The summed E-state index contributed by atoms with van der Waals surface area (Å²) in [6, 6.07) is 6.38. The molecule has 0 bridgehead atoms. The molecule has 0 atom stereocenters. The van der Waals surface area contributed by atoms with E-state index < -0.39 is 0 Å². The van der Waals surface area contributed by atoms with Crippen LogP contribution in [0.5, 0.6) is 5.75 Å². The highest BCUT2D eigenvalue weighted by molar-refractivity contribution is 14.0. The van der Waals surface area contributed by atoms with Crippen LogP contribution in [-0.4, -0.2) is 43.1 Å². The highest BCUT2D eigenvalue weighted by atomic mass is 127. The van der Waals surface area contributed by atoms with Gasteiger partial charge in [-0.2, -0.15) is 5.10 Å². The highest BCUT2D eigenvalue weighted by Gasteiger charge is 2.22. The minimum absolute atomic E-state index is 0. The van der Waals surface area contributed by atoms with Crippen LogP contribution in [0.3, 0.4) is 0 Å². The fraction of sp³-hybridized carbons (Fsp3) is 0.565. The van der Waals surface area contributed by atoms with E-state index in [4.69, 9.17) is 9.47 Å². The van der Waals surface area contributed by atoms with Gasteiger partial charge in [-0.15, -0.1) is 24.0 Å². The summed E-state index contributed by atoms with van der Waals surface area (Å²) in [4.78, 5) is 4.37. The summed E-state index contributed by atoms with van der Waals surface area (Å²) in [5, 5.41) is 11.4. The van der Waals surface area contributed by atoms with Crippen LogP contribution in [0.25, 0.3) is 0 Å². The molecule has 1 fully saturated rings. The molecule has 0 radical (unpaired) electrons. The van der Waals surface area contributed by atoms with Crippen LogP contribution < -0.4 is 15.4 Å². The number of hydrogen-bond donors (Lipinski definition) is 2. The minimum atomic E-state index is 0. The van der Waals surface area contributed by atoms with Gasteiger partial charge in [-0.05, 0) is 51.2 Å². The quantitative estimate of drug-likeness (QED) is 0.273. The summed E-state index contributed by atoms with van der Waals surface area (Å²) in [5.74, 6) is 2.46. The average Bonchev–Trinajstić information content (AvgIpc) is 3.52. The van der Waals surface area contributed by atoms with E-state index in [9.17, 15) is 0 Å². The normalized spacial score (nSPS) is 13.6. The van der Waals surface area contributed by atoms with Crippen LogP contribution in [0, 0.1) is 26.7 Å². The molecular weight excluding hydrogens is 505 g/mol. The molecule has 1 saturated carbocycles. The van der Waals surface area contributed by atoms with E-state index in [1.807, 2.05) is 11.6 Å². The SMILES string of the molecule is CN=C(NCc1ccc(C)cc1OCC1CC1)NCc1c(C)nn(CCOC)c1C.I. The Balaban J connectivity index is 0.00000341. The van der Waals surface area contributed by atoms with E-state index in [0.717, 1.165) is 47.7 Å². The molecule has 1 aliphatic carbocycles. The van der Waals surface area contributed by atoms with Gasteiger partial charge in [0.25, 0.3) is 0 Å². The lowest BCUT2D eigenvalue weighted by Gasteiger charge is -2.15. The molecular formula is C23H36IN5O2. The second kappa shape index (κ2) is 12.3. The van der Waals surface area contributed by atoms with Crippen LogP contribution >= 0.6 is 24.0 Å². The first-order valence-electron chi connectivity index (χ1n) is 10.7. The van der Waals surface area contributed by atoms with E-state index in [1.54, 1.807) is 14.2 Å². The third-order valence-corrected chi connectivity index (χ3v) is 5.54. The molecule has 0 unspecified atom stereocenters. The molecule has 0 saturated heterocycles. The summed E-state index contributed by atoms with van der Waals surface area (Å²) >= 11 is 0. The van der Waals surface area contributed by atoms with E-state index in [0.29, 0.717) is 19.7 Å².